The molecule has 0 fully saturated rings. The van der Waals surface area contributed by atoms with E-state index in [0.29, 0.717) is 12.4 Å². The van der Waals surface area contributed by atoms with Crippen molar-refractivity contribution >= 4 is 15.8 Å². The third kappa shape index (κ3) is 4.17. The normalized spacial score (nSPS) is 11.3. The summed E-state index contributed by atoms with van der Waals surface area (Å²) in [5.41, 5.74) is 1.54. The lowest BCUT2D eigenvalue weighted by Gasteiger charge is -2.10. The van der Waals surface area contributed by atoms with Gasteiger partial charge in [0.1, 0.15) is 5.82 Å². The monoisotopic (exact) mass is 328 g/mol. The maximum Gasteiger partial charge on any atom is 0.238 e. The first-order valence-electron chi connectivity index (χ1n) is 7.08. The van der Waals surface area contributed by atoms with Gasteiger partial charge in [0.2, 0.25) is 10.0 Å². The predicted octanol–water partition coefficient (Wildman–Crippen LogP) is 2.27. The van der Waals surface area contributed by atoms with E-state index >= 15 is 0 Å². The third-order valence-electron chi connectivity index (χ3n) is 3.21. The van der Waals surface area contributed by atoms with Crippen LogP contribution in [0.2, 0.25) is 0 Å². The zero-order valence-corrected chi connectivity index (χ0v) is 13.1. The number of nitrogens with zero attached hydrogens (tertiary/aromatic N) is 3. The van der Waals surface area contributed by atoms with Crippen LogP contribution < -0.4 is 4.72 Å². The molecule has 0 amide bonds. The van der Waals surface area contributed by atoms with Crippen molar-refractivity contribution in [1.82, 2.24) is 14.8 Å². The minimum atomic E-state index is -3.50. The van der Waals surface area contributed by atoms with Gasteiger partial charge in [-0.05, 0) is 17.7 Å². The Kier molecular flexibility index (Phi) is 4.38. The second kappa shape index (κ2) is 6.62. The molecule has 0 bridgehead atoms. The molecule has 6 nitrogen and oxygen atoms in total. The Bertz CT molecular complexity index is 861. The number of anilines is 1. The van der Waals surface area contributed by atoms with Crippen molar-refractivity contribution in [2.24, 2.45) is 0 Å². The largest absolute Gasteiger partial charge is 0.267 e. The summed E-state index contributed by atoms with van der Waals surface area (Å²) in [6.45, 7) is 0.400. The summed E-state index contributed by atoms with van der Waals surface area (Å²) < 4.78 is 28.8. The van der Waals surface area contributed by atoms with E-state index in [2.05, 4.69) is 14.8 Å². The van der Waals surface area contributed by atoms with E-state index in [1.165, 1.54) is 0 Å². The van der Waals surface area contributed by atoms with Gasteiger partial charge in [-0.3, -0.25) is 9.71 Å². The first kappa shape index (κ1) is 15.2. The molecule has 0 radical (unpaired) electrons. The Morgan fingerprint density at radius 3 is 2.48 bits per heavy atom. The lowest BCUT2D eigenvalue weighted by molar-refractivity contribution is 0.598. The molecule has 0 aliphatic rings. The highest BCUT2D eigenvalue weighted by molar-refractivity contribution is 7.91. The van der Waals surface area contributed by atoms with Crippen LogP contribution in [0, 0.1) is 0 Å². The van der Waals surface area contributed by atoms with Crippen LogP contribution in [0.4, 0.5) is 5.82 Å². The van der Waals surface area contributed by atoms with Crippen molar-refractivity contribution in [3.8, 4) is 0 Å². The van der Waals surface area contributed by atoms with Gasteiger partial charge in [0.25, 0.3) is 0 Å². The van der Waals surface area contributed by atoms with Crippen molar-refractivity contribution in [2.45, 2.75) is 12.3 Å². The van der Waals surface area contributed by atoms with E-state index in [1.807, 2.05) is 36.4 Å². The molecular formula is C16H16N4O2S. The van der Waals surface area contributed by atoms with Crippen molar-refractivity contribution in [2.75, 3.05) is 4.72 Å². The summed E-state index contributed by atoms with van der Waals surface area (Å²) in [5, 5.41) is 4.15. The fraction of sp³-hybridized carbons (Fsp3) is 0.125. The molecule has 0 aliphatic heterocycles. The molecule has 0 saturated heterocycles. The Hall–Kier alpha value is -2.67. The molecular weight excluding hydrogens is 312 g/mol. The van der Waals surface area contributed by atoms with Crippen molar-refractivity contribution in [3.63, 3.8) is 0 Å². The first-order chi connectivity index (χ1) is 11.1. The van der Waals surface area contributed by atoms with Gasteiger partial charge in [0, 0.05) is 12.3 Å². The van der Waals surface area contributed by atoms with Gasteiger partial charge in [-0.25, -0.2) is 13.1 Å². The molecule has 0 unspecified atom stereocenters. The van der Waals surface area contributed by atoms with Crippen LogP contribution in [-0.4, -0.2) is 23.2 Å². The molecule has 3 rings (SSSR count). The van der Waals surface area contributed by atoms with E-state index in [4.69, 9.17) is 0 Å². The summed E-state index contributed by atoms with van der Waals surface area (Å²) in [7, 11) is -3.50. The quantitative estimate of drug-likeness (QED) is 0.753. The maximum absolute atomic E-state index is 12.3. The lowest BCUT2D eigenvalue weighted by Crippen LogP contribution is -2.18. The molecule has 0 spiro atoms. The minimum absolute atomic E-state index is 0.0807. The van der Waals surface area contributed by atoms with Crippen LogP contribution >= 0.6 is 0 Å². The lowest BCUT2D eigenvalue weighted by atomic mass is 10.2. The molecule has 0 atom stereocenters. The molecule has 2 aromatic heterocycles. The van der Waals surface area contributed by atoms with Crippen LogP contribution in [0.5, 0.6) is 0 Å². The van der Waals surface area contributed by atoms with Crippen LogP contribution in [-0.2, 0) is 22.3 Å². The van der Waals surface area contributed by atoms with Gasteiger partial charge in [0.05, 0.1) is 24.2 Å². The summed E-state index contributed by atoms with van der Waals surface area (Å²) >= 11 is 0. The molecule has 0 saturated carbocycles. The Morgan fingerprint density at radius 2 is 1.74 bits per heavy atom. The number of rotatable bonds is 6. The van der Waals surface area contributed by atoms with Crippen LogP contribution in [0.25, 0.3) is 0 Å². The summed E-state index contributed by atoms with van der Waals surface area (Å²) in [4.78, 5) is 4.22. The van der Waals surface area contributed by atoms with E-state index in [-0.39, 0.29) is 5.75 Å². The first-order valence-corrected chi connectivity index (χ1v) is 8.74. The second-order valence-electron chi connectivity index (χ2n) is 5.04. The number of pyridine rings is 1. The van der Waals surface area contributed by atoms with Crippen LogP contribution in [0.15, 0.2) is 67.0 Å². The highest BCUT2D eigenvalue weighted by atomic mass is 32.2. The smallest absolute Gasteiger partial charge is 0.238 e. The Labute approximate surface area is 134 Å². The van der Waals surface area contributed by atoms with Gasteiger partial charge >= 0.3 is 0 Å². The standard InChI is InChI=1S/C16H16N4O2S/c21-23(22,13-14-6-2-1-3-7-14)19-16-9-11-18-20(16)12-15-8-4-5-10-17-15/h1-11,19H,12-13H2. The van der Waals surface area contributed by atoms with Gasteiger partial charge < -0.3 is 0 Å². The van der Waals surface area contributed by atoms with E-state index < -0.39 is 10.0 Å². The number of aromatic nitrogens is 3. The van der Waals surface area contributed by atoms with Crippen molar-refractivity contribution in [1.29, 1.82) is 0 Å². The number of nitrogens with one attached hydrogen (secondary N) is 1. The van der Waals surface area contributed by atoms with Gasteiger partial charge in [-0.15, -0.1) is 0 Å². The fourth-order valence-corrected chi connectivity index (χ4v) is 3.38. The summed E-state index contributed by atoms with van der Waals surface area (Å²) in [6, 6.07) is 16.3. The van der Waals surface area contributed by atoms with Crippen LogP contribution in [0.1, 0.15) is 11.3 Å². The number of benzene rings is 1. The maximum atomic E-state index is 12.3. The summed E-state index contributed by atoms with van der Waals surface area (Å²) in [6.07, 6.45) is 3.25. The molecule has 7 heteroatoms. The molecule has 1 aromatic carbocycles. The van der Waals surface area contributed by atoms with Crippen LogP contribution in [0.3, 0.4) is 0 Å². The fourth-order valence-electron chi connectivity index (χ4n) is 2.18. The zero-order chi connectivity index (χ0) is 16.1. The second-order valence-corrected chi connectivity index (χ2v) is 6.76. The summed E-state index contributed by atoms with van der Waals surface area (Å²) in [5.74, 6) is 0.342. The Morgan fingerprint density at radius 1 is 0.957 bits per heavy atom. The highest BCUT2D eigenvalue weighted by Gasteiger charge is 2.14. The average Bonchev–Trinajstić information content (AvgIpc) is 2.95. The van der Waals surface area contributed by atoms with Gasteiger partial charge in [-0.2, -0.15) is 5.10 Å². The molecule has 118 valence electrons. The molecule has 0 aliphatic carbocycles. The van der Waals surface area contributed by atoms with Gasteiger partial charge in [-0.1, -0.05) is 36.4 Å². The zero-order valence-electron chi connectivity index (χ0n) is 12.3. The number of hydrogen-bond acceptors (Lipinski definition) is 4. The number of hydrogen-bond donors (Lipinski definition) is 1. The topological polar surface area (TPSA) is 76.9 Å². The minimum Gasteiger partial charge on any atom is -0.267 e. The van der Waals surface area contributed by atoms with Crippen molar-refractivity contribution < 1.29 is 8.42 Å². The van der Waals surface area contributed by atoms with Crippen molar-refractivity contribution in [3.05, 3.63) is 78.2 Å². The number of sulfonamides is 1. The molecule has 23 heavy (non-hydrogen) atoms. The van der Waals surface area contributed by atoms with E-state index in [9.17, 15) is 8.42 Å². The molecule has 2 heterocycles. The van der Waals surface area contributed by atoms with Gasteiger partial charge in [0.15, 0.2) is 0 Å². The van der Waals surface area contributed by atoms with E-state index in [1.54, 1.807) is 35.3 Å². The SMILES string of the molecule is O=S(=O)(Cc1ccccc1)Nc1ccnn1Cc1ccccn1. The third-order valence-corrected chi connectivity index (χ3v) is 4.45. The average molecular weight is 328 g/mol. The molecule has 3 aromatic rings. The highest BCUT2D eigenvalue weighted by Crippen LogP contribution is 2.13. The predicted molar refractivity (Wildman–Crippen MR) is 88.3 cm³/mol. The molecule has 1 N–H and O–H groups in total. The van der Waals surface area contributed by atoms with E-state index in [0.717, 1.165) is 11.3 Å². The Balaban J connectivity index is 1.74.